The number of nitrogens with zero attached hydrogens (tertiary/aromatic N) is 4. The summed E-state index contributed by atoms with van der Waals surface area (Å²) in [5.41, 5.74) is 2.28. The lowest BCUT2D eigenvalue weighted by molar-refractivity contribution is 0.223. The average Bonchev–Trinajstić information content (AvgIpc) is 3.11. The number of rotatable bonds is 10. The van der Waals surface area contributed by atoms with Gasteiger partial charge in [-0.2, -0.15) is 5.10 Å². The number of aliphatic imine (C=N–C) groups is 1. The van der Waals surface area contributed by atoms with Crippen molar-refractivity contribution in [1.29, 1.82) is 0 Å². The van der Waals surface area contributed by atoms with Gasteiger partial charge in [-0.25, -0.2) is 0 Å². The van der Waals surface area contributed by atoms with Crippen LogP contribution in [0.1, 0.15) is 25.1 Å². The first-order valence-electron chi connectivity index (χ1n) is 9.51. The molecule has 1 aromatic carbocycles. The van der Waals surface area contributed by atoms with Crippen LogP contribution in [-0.2, 0) is 20.1 Å². The highest BCUT2D eigenvalue weighted by Gasteiger charge is 2.03. The first-order chi connectivity index (χ1) is 13.2. The monoisotopic (exact) mass is 500 g/mol. The molecule has 0 fully saturated rings. The summed E-state index contributed by atoms with van der Waals surface area (Å²) in [5.74, 6) is 1.67. The van der Waals surface area contributed by atoms with Crippen molar-refractivity contribution in [2.24, 2.45) is 12.0 Å². The average molecular weight is 500 g/mol. The van der Waals surface area contributed by atoms with E-state index in [2.05, 4.69) is 51.6 Å². The standard InChI is InChI=1S/C20H32N6O.HI/c1-5-26(6-2)13-14-27-19-9-7-17(8-10-19)15-22-20(21-3)23-16-18-11-12-24-25(18)4;/h7-12H,5-6,13-16H2,1-4H3,(H2,21,22,23);1H. The van der Waals surface area contributed by atoms with Crippen LogP contribution >= 0.6 is 24.0 Å². The largest absolute Gasteiger partial charge is 0.492 e. The number of halogens is 1. The Labute approximate surface area is 185 Å². The molecule has 0 unspecified atom stereocenters. The second-order valence-corrected chi connectivity index (χ2v) is 6.24. The van der Waals surface area contributed by atoms with Gasteiger partial charge in [-0.15, -0.1) is 24.0 Å². The van der Waals surface area contributed by atoms with Gasteiger partial charge in [-0.1, -0.05) is 26.0 Å². The van der Waals surface area contributed by atoms with Crippen molar-refractivity contribution in [2.75, 3.05) is 33.3 Å². The third kappa shape index (κ3) is 8.05. The van der Waals surface area contributed by atoms with Crippen molar-refractivity contribution < 1.29 is 4.74 Å². The highest BCUT2D eigenvalue weighted by Crippen LogP contribution is 2.12. The molecule has 0 saturated carbocycles. The number of likely N-dealkylation sites (N-methyl/N-ethyl adjacent to an activating group) is 1. The van der Waals surface area contributed by atoms with Crippen molar-refractivity contribution in [2.45, 2.75) is 26.9 Å². The Kier molecular flexibility index (Phi) is 11.6. The Morgan fingerprint density at radius 3 is 2.36 bits per heavy atom. The van der Waals surface area contributed by atoms with Crippen molar-refractivity contribution >= 4 is 29.9 Å². The van der Waals surface area contributed by atoms with Crippen LogP contribution < -0.4 is 15.4 Å². The van der Waals surface area contributed by atoms with Gasteiger partial charge in [0, 0.05) is 33.4 Å². The number of guanidine groups is 1. The number of benzene rings is 1. The number of ether oxygens (including phenoxy) is 1. The maximum atomic E-state index is 5.83. The molecular formula is C20H33IN6O. The summed E-state index contributed by atoms with van der Waals surface area (Å²) in [6, 6.07) is 10.2. The van der Waals surface area contributed by atoms with Gasteiger partial charge >= 0.3 is 0 Å². The van der Waals surface area contributed by atoms with E-state index < -0.39 is 0 Å². The van der Waals surface area contributed by atoms with Crippen LogP contribution in [-0.4, -0.2) is 53.9 Å². The lowest BCUT2D eigenvalue weighted by atomic mass is 10.2. The molecule has 1 aromatic heterocycles. The van der Waals surface area contributed by atoms with E-state index in [9.17, 15) is 0 Å². The van der Waals surface area contributed by atoms with Crippen LogP contribution in [0.2, 0.25) is 0 Å². The molecule has 0 amide bonds. The second-order valence-electron chi connectivity index (χ2n) is 6.24. The SMILES string of the molecule is CCN(CC)CCOc1ccc(CNC(=NC)NCc2ccnn2C)cc1.I. The lowest BCUT2D eigenvalue weighted by Crippen LogP contribution is -2.36. The number of hydrogen-bond donors (Lipinski definition) is 2. The van der Waals surface area contributed by atoms with Gasteiger partial charge in [0.1, 0.15) is 12.4 Å². The van der Waals surface area contributed by atoms with E-state index in [0.29, 0.717) is 19.7 Å². The summed E-state index contributed by atoms with van der Waals surface area (Å²) in [6.07, 6.45) is 1.79. The summed E-state index contributed by atoms with van der Waals surface area (Å²) in [4.78, 5) is 6.61. The third-order valence-corrected chi connectivity index (χ3v) is 4.54. The van der Waals surface area contributed by atoms with Gasteiger partial charge in [0.15, 0.2) is 5.96 Å². The quantitative estimate of drug-likeness (QED) is 0.298. The summed E-state index contributed by atoms with van der Waals surface area (Å²) in [5, 5.41) is 10.8. The molecule has 2 N–H and O–H groups in total. The molecule has 28 heavy (non-hydrogen) atoms. The van der Waals surface area contributed by atoms with E-state index in [1.807, 2.05) is 29.9 Å². The molecule has 0 aliphatic heterocycles. The van der Waals surface area contributed by atoms with Crippen LogP contribution in [0.3, 0.4) is 0 Å². The molecule has 0 spiro atoms. The molecule has 0 aliphatic carbocycles. The van der Waals surface area contributed by atoms with E-state index >= 15 is 0 Å². The summed E-state index contributed by atoms with van der Waals surface area (Å²) < 4.78 is 7.67. The van der Waals surface area contributed by atoms with Crippen LogP contribution in [0, 0.1) is 0 Å². The number of nitrogens with one attached hydrogen (secondary N) is 2. The lowest BCUT2D eigenvalue weighted by Gasteiger charge is -2.18. The van der Waals surface area contributed by atoms with E-state index in [1.165, 1.54) is 5.56 Å². The second kappa shape index (κ2) is 13.4. The fourth-order valence-corrected chi connectivity index (χ4v) is 2.69. The third-order valence-electron chi connectivity index (χ3n) is 4.54. The molecule has 2 rings (SSSR count). The molecule has 7 nitrogen and oxygen atoms in total. The Morgan fingerprint density at radius 1 is 1.11 bits per heavy atom. The predicted molar refractivity (Wildman–Crippen MR) is 125 cm³/mol. The maximum absolute atomic E-state index is 5.83. The van der Waals surface area contributed by atoms with E-state index in [4.69, 9.17) is 4.74 Å². The molecule has 0 radical (unpaired) electrons. The Morgan fingerprint density at radius 2 is 1.79 bits per heavy atom. The zero-order chi connectivity index (χ0) is 19.5. The summed E-state index contributed by atoms with van der Waals surface area (Å²) in [7, 11) is 3.70. The van der Waals surface area contributed by atoms with Crippen LogP contribution in [0.5, 0.6) is 5.75 Å². The smallest absolute Gasteiger partial charge is 0.191 e. The Balaban J connectivity index is 0.00000392. The topological polar surface area (TPSA) is 66.7 Å². The van der Waals surface area contributed by atoms with Crippen LogP contribution in [0.15, 0.2) is 41.5 Å². The normalized spacial score (nSPS) is 11.2. The van der Waals surface area contributed by atoms with Crippen molar-refractivity contribution in [3.05, 3.63) is 47.8 Å². The molecule has 0 aliphatic rings. The predicted octanol–water partition coefficient (Wildman–Crippen LogP) is 2.62. The van der Waals surface area contributed by atoms with Gasteiger partial charge in [0.2, 0.25) is 0 Å². The Bertz CT molecular complexity index is 697. The minimum atomic E-state index is 0. The van der Waals surface area contributed by atoms with Crippen molar-refractivity contribution in [3.63, 3.8) is 0 Å². The fraction of sp³-hybridized carbons (Fsp3) is 0.500. The van der Waals surface area contributed by atoms with Crippen LogP contribution in [0.4, 0.5) is 0 Å². The molecule has 0 atom stereocenters. The fourth-order valence-electron chi connectivity index (χ4n) is 2.69. The first-order valence-corrected chi connectivity index (χ1v) is 9.51. The highest BCUT2D eigenvalue weighted by molar-refractivity contribution is 14.0. The molecule has 0 saturated heterocycles. The zero-order valence-corrected chi connectivity index (χ0v) is 19.6. The molecular weight excluding hydrogens is 467 g/mol. The van der Waals surface area contributed by atoms with E-state index in [0.717, 1.165) is 37.0 Å². The minimum Gasteiger partial charge on any atom is -0.492 e. The zero-order valence-electron chi connectivity index (χ0n) is 17.3. The molecule has 2 aromatic rings. The van der Waals surface area contributed by atoms with Gasteiger partial charge < -0.3 is 20.3 Å². The minimum absolute atomic E-state index is 0. The van der Waals surface area contributed by atoms with Crippen LogP contribution in [0.25, 0.3) is 0 Å². The van der Waals surface area contributed by atoms with Gasteiger partial charge in [-0.3, -0.25) is 9.67 Å². The first kappa shape index (κ1) is 24.2. The highest BCUT2D eigenvalue weighted by atomic mass is 127. The van der Waals surface area contributed by atoms with E-state index in [1.54, 1.807) is 13.2 Å². The molecule has 1 heterocycles. The molecule has 156 valence electrons. The number of hydrogen-bond acceptors (Lipinski definition) is 4. The van der Waals surface area contributed by atoms with Gasteiger partial charge in [0.05, 0.1) is 12.2 Å². The van der Waals surface area contributed by atoms with Crippen molar-refractivity contribution in [3.8, 4) is 5.75 Å². The number of aromatic nitrogens is 2. The van der Waals surface area contributed by atoms with Crippen molar-refractivity contribution in [1.82, 2.24) is 25.3 Å². The maximum Gasteiger partial charge on any atom is 0.191 e. The van der Waals surface area contributed by atoms with Gasteiger partial charge in [0.25, 0.3) is 0 Å². The molecule has 8 heteroatoms. The van der Waals surface area contributed by atoms with E-state index in [-0.39, 0.29) is 24.0 Å². The Hall–Kier alpha value is -1.81. The summed E-state index contributed by atoms with van der Waals surface area (Å²) in [6.45, 7) is 9.50. The summed E-state index contributed by atoms with van der Waals surface area (Å²) >= 11 is 0. The molecule has 0 bridgehead atoms. The number of aryl methyl sites for hydroxylation is 1. The van der Waals surface area contributed by atoms with Gasteiger partial charge in [-0.05, 0) is 36.9 Å².